The normalized spacial score (nSPS) is 19.8. The molecule has 3 heteroatoms. The average Bonchev–Trinajstić information content (AvgIpc) is 2.67. The fraction of sp³-hybridized carbons (Fsp3) is 0.588. The lowest BCUT2D eigenvalue weighted by molar-refractivity contribution is 0.0759. The first-order valence-electron chi connectivity index (χ1n) is 7.69. The molecule has 3 nitrogen and oxygen atoms in total. The van der Waals surface area contributed by atoms with Gasteiger partial charge in [-0.1, -0.05) is 19.4 Å². The lowest BCUT2D eigenvalue weighted by atomic mass is 9.98. The number of hydrogen-bond donors (Lipinski definition) is 1. The van der Waals surface area contributed by atoms with Crippen molar-refractivity contribution in [2.24, 2.45) is 5.92 Å². The van der Waals surface area contributed by atoms with E-state index in [1.807, 2.05) is 30.9 Å². The zero-order valence-corrected chi connectivity index (χ0v) is 12.9. The summed E-state index contributed by atoms with van der Waals surface area (Å²) in [5.41, 5.74) is 9.50. The van der Waals surface area contributed by atoms with Crippen LogP contribution in [0, 0.1) is 19.8 Å². The molecule has 1 aliphatic rings. The molecule has 1 aromatic carbocycles. The van der Waals surface area contributed by atoms with E-state index in [4.69, 9.17) is 5.73 Å². The summed E-state index contributed by atoms with van der Waals surface area (Å²) in [6.07, 6.45) is 4.71. The third-order valence-corrected chi connectivity index (χ3v) is 4.56. The van der Waals surface area contributed by atoms with Gasteiger partial charge in [0.15, 0.2) is 0 Å². The summed E-state index contributed by atoms with van der Waals surface area (Å²) in [6.45, 7) is 7.97. The molecule has 1 aromatic rings. The van der Waals surface area contributed by atoms with Gasteiger partial charge in [-0.15, -0.1) is 0 Å². The third kappa shape index (κ3) is 3.14. The van der Waals surface area contributed by atoms with E-state index < -0.39 is 0 Å². The Balaban J connectivity index is 2.17. The quantitative estimate of drug-likeness (QED) is 0.838. The van der Waals surface area contributed by atoms with Gasteiger partial charge < -0.3 is 10.6 Å². The molecule has 1 amide bonds. The predicted octanol–water partition coefficient (Wildman–Crippen LogP) is 3.54. The first-order chi connectivity index (χ1) is 9.52. The van der Waals surface area contributed by atoms with Crippen LogP contribution >= 0.6 is 0 Å². The number of benzene rings is 1. The van der Waals surface area contributed by atoms with E-state index in [0.717, 1.165) is 48.5 Å². The minimum Gasteiger partial charge on any atom is -0.398 e. The van der Waals surface area contributed by atoms with Gasteiger partial charge in [0.25, 0.3) is 5.91 Å². The molecular formula is C17H26N2O. The van der Waals surface area contributed by atoms with E-state index in [1.54, 1.807) is 0 Å². The van der Waals surface area contributed by atoms with Crippen LogP contribution in [0.5, 0.6) is 0 Å². The zero-order valence-electron chi connectivity index (χ0n) is 12.9. The maximum atomic E-state index is 12.7. The van der Waals surface area contributed by atoms with Gasteiger partial charge in [-0.2, -0.15) is 0 Å². The number of carbonyl (C=O) groups excluding carboxylic acids is 1. The van der Waals surface area contributed by atoms with Crippen molar-refractivity contribution in [1.29, 1.82) is 0 Å². The molecule has 2 N–H and O–H groups in total. The van der Waals surface area contributed by atoms with Crippen molar-refractivity contribution in [3.8, 4) is 0 Å². The highest BCUT2D eigenvalue weighted by atomic mass is 16.2. The van der Waals surface area contributed by atoms with Gasteiger partial charge in [0.1, 0.15) is 0 Å². The van der Waals surface area contributed by atoms with Crippen LogP contribution in [0.4, 0.5) is 5.69 Å². The lowest BCUT2D eigenvalue weighted by Crippen LogP contribution is -2.32. The van der Waals surface area contributed by atoms with Crippen molar-refractivity contribution in [2.45, 2.75) is 46.5 Å². The maximum absolute atomic E-state index is 12.7. The van der Waals surface area contributed by atoms with Gasteiger partial charge in [-0.25, -0.2) is 0 Å². The first-order valence-corrected chi connectivity index (χ1v) is 7.69. The van der Waals surface area contributed by atoms with E-state index in [1.165, 1.54) is 12.8 Å². The fourth-order valence-corrected chi connectivity index (χ4v) is 3.05. The number of likely N-dealkylation sites (tertiary alicyclic amines) is 1. The van der Waals surface area contributed by atoms with Crippen LogP contribution in [-0.2, 0) is 0 Å². The van der Waals surface area contributed by atoms with Crippen LogP contribution in [-0.4, -0.2) is 23.9 Å². The number of nitrogens with two attached hydrogens (primary N) is 1. The van der Waals surface area contributed by atoms with E-state index in [0.29, 0.717) is 5.69 Å². The van der Waals surface area contributed by atoms with E-state index >= 15 is 0 Å². The van der Waals surface area contributed by atoms with Gasteiger partial charge in [0.2, 0.25) is 0 Å². The van der Waals surface area contributed by atoms with Crippen LogP contribution in [0.15, 0.2) is 12.1 Å². The smallest absolute Gasteiger partial charge is 0.254 e. The second-order valence-electron chi connectivity index (χ2n) is 6.02. The molecule has 0 bridgehead atoms. The van der Waals surface area contributed by atoms with E-state index in [2.05, 4.69) is 6.92 Å². The van der Waals surface area contributed by atoms with Gasteiger partial charge >= 0.3 is 0 Å². The summed E-state index contributed by atoms with van der Waals surface area (Å²) in [5.74, 6) is 0.919. The molecular weight excluding hydrogens is 248 g/mol. The number of nitrogen functional groups attached to an aromatic ring is 1. The van der Waals surface area contributed by atoms with Crippen molar-refractivity contribution < 1.29 is 4.79 Å². The standard InChI is InChI=1S/C17H26N2O/c1-4-14-6-5-8-19(9-7-14)17(20)15-11-16(18)13(3)10-12(15)2/h10-11,14H,4-9,18H2,1-3H3. The highest BCUT2D eigenvalue weighted by molar-refractivity contribution is 5.96. The van der Waals surface area contributed by atoms with Gasteiger partial charge in [0.05, 0.1) is 0 Å². The van der Waals surface area contributed by atoms with Crippen molar-refractivity contribution in [1.82, 2.24) is 4.90 Å². The molecule has 1 aliphatic heterocycles. The summed E-state index contributed by atoms with van der Waals surface area (Å²) in [7, 11) is 0. The van der Waals surface area contributed by atoms with Crippen molar-refractivity contribution in [3.63, 3.8) is 0 Å². The Bertz CT molecular complexity index is 496. The Morgan fingerprint density at radius 1 is 1.25 bits per heavy atom. The third-order valence-electron chi connectivity index (χ3n) is 4.56. The predicted molar refractivity (Wildman–Crippen MR) is 83.9 cm³/mol. The summed E-state index contributed by atoms with van der Waals surface area (Å²) in [6, 6.07) is 3.85. The largest absolute Gasteiger partial charge is 0.398 e. The summed E-state index contributed by atoms with van der Waals surface area (Å²) in [5, 5.41) is 0. The Morgan fingerprint density at radius 2 is 2.00 bits per heavy atom. The molecule has 1 heterocycles. The van der Waals surface area contributed by atoms with E-state index in [9.17, 15) is 4.79 Å². The number of rotatable bonds is 2. The number of carbonyl (C=O) groups is 1. The molecule has 20 heavy (non-hydrogen) atoms. The van der Waals surface area contributed by atoms with Crippen LogP contribution in [0.25, 0.3) is 0 Å². The number of nitrogens with zero attached hydrogens (tertiary/aromatic N) is 1. The first kappa shape index (κ1) is 14.9. The van der Waals surface area contributed by atoms with Crippen molar-refractivity contribution >= 4 is 11.6 Å². The van der Waals surface area contributed by atoms with E-state index in [-0.39, 0.29) is 5.91 Å². The molecule has 1 atom stereocenters. The summed E-state index contributed by atoms with van der Waals surface area (Å²) in [4.78, 5) is 14.7. The van der Waals surface area contributed by atoms with Gasteiger partial charge in [0, 0.05) is 24.3 Å². The molecule has 0 aliphatic carbocycles. The number of amides is 1. The topological polar surface area (TPSA) is 46.3 Å². The number of aryl methyl sites for hydroxylation is 2. The highest BCUT2D eigenvalue weighted by Crippen LogP contribution is 2.24. The van der Waals surface area contributed by atoms with Gasteiger partial charge in [-0.3, -0.25) is 4.79 Å². The highest BCUT2D eigenvalue weighted by Gasteiger charge is 2.22. The lowest BCUT2D eigenvalue weighted by Gasteiger charge is -2.22. The fourth-order valence-electron chi connectivity index (χ4n) is 3.05. The number of hydrogen-bond acceptors (Lipinski definition) is 2. The second-order valence-corrected chi connectivity index (χ2v) is 6.02. The molecule has 110 valence electrons. The van der Waals surface area contributed by atoms with Gasteiger partial charge in [-0.05, 0) is 56.2 Å². The monoisotopic (exact) mass is 274 g/mol. The molecule has 0 aromatic heterocycles. The van der Waals surface area contributed by atoms with Crippen molar-refractivity contribution in [2.75, 3.05) is 18.8 Å². The Labute approximate surface area is 122 Å². The number of anilines is 1. The summed E-state index contributed by atoms with van der Waals surface area (Å²) >= 11 is 0. The SMILES string of the molecule is CCC1CCCN(C(=O)c2cc(N)c(C)cc2C)CC1. The maximum Gasteiger partial charge on any atom is 0.254 e. The zero-order chi connectivity index (χ0) is 14.7. The minimum absolute atomic E-state index is 0.144. The molecule has 0 spiro atoms. The average molecular weight is 274 g/mol. The van der Waals surface area contributed by atoms with Crippen LogP contribution < -0.4 is 5.73 Å². The minimum atomic E-state index is 0.144. The molecule has 0 saturated carbocycles. The Morgan fingerprint density at radius 3 is 2.70 bits per heavy atom. The van der Waals surface area contributed by atoms with Crippen LogP contribution in [0.2, 0.25) is 0 Å². The Kier molecular flexibility index (Phi) is 4.69. The molecule has 1 unspecified atom stereocenters. The second kappa shape index (κ2) is 6.29. The van der Waals surface area contributed by atoms with Crippen LogP contribution in [0.3, 0.4) is 0 Å². The molecule has 1 saturated heterocycles. The Hall–Kier alpha value is -1.51. The molecule has 1 fully saturated rings. The molecule has 2 rings (SSSR count). The van der Waals surface area contributed by atoms with Crippen LogP contribution in [0.1, 0.15) is 54.1 Å². The van der Waals surface area contributed by atoms with Crippen molar-refractivity contribution in [3.05, 3.63) is 28.8 Å². The molecule has 0 radical (unpaired) electrons. The summed E-state index contributed by atoms with van der Waals surface area (Å²) < 4.78 is 0.